The van der Waals surface area contributed by atoms with Gasteiger partial charge < -0.3 is 0 Å². The molecule has 1 saturated carbocycles. The fraction of sp³-hybridized carbons (Fsp3) is 0.455. The predicted octanol–water partition coefficient (Wildman–Crippen LogP) is 6.42. The minimum atomic E-state index is 0.393. The standard InChI is InChI=1S/C22H28/c1-3-18-10-12-21(13-11-18)22(4-2)16-14-20(15-17-22)19-8-6-5-7-9-19/h3,5-9,14-16,18,21H,1,4,10-13,17H2,2H3/t18-,21-,22?. The lowest BCUT2D eigenvalue weighted by atomic mass is 9.62. The van der Waals surface area contributed by atoms with E-state index in [-0.39, 0.29) is 0 Å². The number of rotatable bonds is 4. The van der Waals surface area contributed by atoms with E-state index in [1.165, 1.54) is 49.7 Å². The monoisotopic (exact) mass is 292 g/mol. The van der Waals surface area contributed by atoms with Crippen LogP contribution >= 0.6 is 0 Å². The second-order valence-electron chi connectivity index (χ2n) is 7.00. The van der Waals surface area contributed by atoms with Crippen LogP contribution in [0.5, 0.6) is 0 Å². The van der Waals surface area contributed by atoms with Gasteiger partial charge in [-0.25, -0.2) is 0 Å². The smallest absolute Gasteiger partial charge is 0.00545 e. The highest BCUT2D eigenvalue weighted by molar-refractivity contribution is 5.75. The van der Waals surface area contributed by atoms with Gasteiger partial charge in [0.1, 0.15) is 0 Å². The molecule has 0 heterocycles. The molecule has 2 aliphatic carbocycles. The Bertz CT molecular complexity index is 555. The van der Waals surface area contributed by atoms with Crippen molar-refractivity contribution in [2.45, 2.75) is 45.4 Å². The van der Waals surface area contributed by atoms with Crippen LogP contribution in [0.15, 0.2) is 61.2 Å². The summed E-state index contributed by atoms with van der Waals surface area (Å²) in [6.07, 6.45) is 17.4. The molecule has 1 fully saturated rings. The summed E-state index contributed by atoms with van der Waals surface area (Å²) in [5.74, 6) is 1.60. The first-order chi connectivity index (χ1) is 10.8. The Hall–Kier alpha value is -1.56. The van der Waals surface area contributed by atoms with Crippen LogP contribution in [0.2, 0.25) is 0 Å². The van der Waals surface area contributed by atoms with E-state index in [1.54, 1.807) is 0 Å². The zero-order valence-corrected chi connectivity index (χ0v) is 13.8. The van der Waals surface area contributed by atoms with E-state index < -0.39 is 0 Å². The van der Waals surface area contributed by atoms with Crippen LogP contribution in [0.1, 0.15) is 51.0 Å². The summed E-state index contributed by atoms with van der Waals surface area (Å²) in [5.41, 5.74) is 3.13. The first-order valence-electron chi connectivity index (χ1n) is 8.85. The minimum Gasteiger partial charge on any atom is -0.103 e. The van der Waals surface area contributed by atoms with Gasteiger partial charge in [0, 0.05) is 0 Å². The Morgan fingerprint density at radius 1 is 1.14 bits per heavy atom. The molecule has 22 heavy (non-hydrogen) atoms. The molecule has 1 aromatic carbocycles. The lowest BCUT2D eigenvalue weighted by Crippen LogP contribution is -2.32. The van der Waals surface area contributed by atoms with Gasteiger partial charge in [-0.1, -0.05) is 61.6 Å². The minimum absolute atomic E-state index is 0.393. The third kappa shape index (κ3) is 2.97. The highest BCUT2D eigenvalue weighted by Gasteiger charge is 2.37. The van der Waals surface area contributed by atoms with Crippen LogP contribution in [-0.2, 0) is 0 Å². The van der Waals surface area contributed by atoms with Crippen molar-refractivity contribution < 1.29 is 0 Å². The summed E-state index contributed by atoms with van der Waals surface area (Å²) in [6, 6.07) is 10.8. The van der Waals surface area contributed by atoms with Crippen LogP contribution in [0.4, 0.5) is 0 Å². The van der Waals surface area contributed by atoms with Gasteiger partial charge in [-0.05, 0) is 66.9 Å². The maximum Gasteiger partial charge on any atom is -0.00545 e. The van der Waals surface area contributed by atoms with Crippen molar-refractivity contribution in [2.24, 2.45) is 17.3 Å². The van der Waals surface area contributed by atoms with Gasteiger partial charge in [-0.2, -0.15) is 0 Å². The van der Waals surface area contributed by atoms with Crippen LogP contribution < -0.4 is 0 Å². The van der Waals surface area contributed by atoms with Crippen molar-refractivity contribution in [3.05, 3.63) is 66.8 Å². The number of hydrogen-bond donors (Lipinski definition) is 0. The number of allylic oxidation sites excluding steroid dienone is 5. The van der Waals surface area contributed by atoms with Crippen molar-refractivity contribution in [2.75, 3.05) is 0 Å². The zero-order valence-electron chi connectivity index (χ0n) is 13.8. The van der Waals surface area contributed by atoms with Crippen LogP contribution in [0, 0.1) is 17.3 Å². The summed E-state index contributed by atoms with van der Waals surface area (Å²) in [5, 5.41) is 0. The summed E-state index contributed by atoms with van der Waals surface area (Å²) in [6.45, 7) is 6.35. The van der Waals surface area contributed by atoms with Gasteiger partial charge >= 0.3 is 0 Å². The SMILES string of the molecule is C=C[C@H]1CC[C@H](C2(CC)C=CC(c3ccccc3)=CC2)CC1. The number of benzene rings is 1. The summed E-state index contributed by atoms with van der Waals surface area (Å²) >= 11 is 0. The first kappa shape index (κ1) is 15.3. The second kappa shape index (κ2) is 6.69. The molecule has 0 N–H and O–H groups in total. The summed E-state index contributed by atoms with van der Waals surface area (Å²) in [4.78, 5) is 0. The van der Waals surface area contributed by atoms with E-state index in [0.29, 0.717) is 5.41 Å². The van der Waals surface area contributed by atoms with Gasteiger partial charge in [0.25, 0.3) is 0 Å². The van der Waals surface area contributed by atoms with Crippen molar-refractivity contribution in [1.29, 1.82) is 0 Å². The van der Waals surface area contributed by atoms with Crippen LogP contribution in [0.25, 0.3) is 5.57 Å². The van der Waals surface area contributed by atoms with Crippen LogP contribution in [0.3, 0.4) is 0 Å². The van der Waals surface area contributed by atoms with Crippen molar-refractivity contribution in [1.82, 2.24) is 0 Å². The number of hydrogen-bond acceptors (Lipinski definition) is 0. The molecule has 0 nitrogen and oxygen atoms in total. The summed E-state index contributed by atoms with van der Waals surface area (Å²) in [7, 11) is 0. The normalized spacial score (nSPS) is 31.6. The predicted molar refractivity (Wildman–Crippen MR) is 96.5 cm³/mol. The molecule has 0 radical (unpaired) electrons. The quantitative estimate of drug-likeness (QED) is 0.562. The Morgan fingerprint density at radius 3 is 2.41 bits per heavy atom. The fourth-order valence-corrected chi connectivity index (χ4v) is 4.32. The Morgan fingerprint density at radius 2 is 1.86 bits per heavy atom. The molecule has 0 heteroatoms. The Labute approximate surface area is 135 Å². The van der Waals surface area contributed by atoms with E-state index in [4.69, 9.17) is 0 Å². The molecule has 116 valence electrons. The molecule has 0 aromatic heterocycles. The van der Waals surface area contributed by atoms with Gasteiger partial charge in [-0.3, -0.25) is 0 Å². The average molecular weight is 292 g/mol. The maximum atomic E-state index is 3.98. The third-order valence-electron chi connectivity index (χ3n) is 5.98. The maximum absolute atomic E-state index is 3.98. The molecular weight excluding hydrogens is 264 g/mol. The van der Waals surface area contributed by atoms with Crippen molar-refractivity contribution in [3.8, 4) is 0 Å². The molecule has 0 bridgehead atoms. The molecule has 2 aliphatic rings. The molecule has 1 unspecified atom stereocenters. The molecule has 0 aliphatic heterocycles. The lowest BCUT2D eigenvalue weighted by molar-refractivity contribution is 0.150. The average Bonchev–Trinajstić information content (AvgIpc) is 2.62. The zero-order chi connectivity index (χ0) is 15.4. The fourth-order valence-electron chi connectivity index (χ4n) is 4.32. The van der Waals surface area contributed by atoms with Crippen molar-refractivity contribution >= 4 is 5.57 Å². The highest BCUT2D eigenvalue weighted by atomic mass is 14.4. The van der Waals surface area contributed by atoms with E-state index >= 15 is 0 Å². The molecule has 1 atom stereocenters. The second-order valence-corrected chi connectivity index (χ2v) is 7.00. The van der Waals surface area contributed by atoms with E-state index in [1.807, 2.05) is 0 Å². The largest absolute Gasteiger partial charge is 0.103 e. The molecule has 0 saturated heterocycles. The Kier molecular flexibility index (Phi) is 4.66. The van der Waals surface area contributed by atoms with E-state index in [9.17, 15) is 0 Å². The topological polar surface area (TPSA) is 0 Å². The first-order valence-corrected chi connectivity index (χ1v) is 8.85. The highest BCUT2D eigenvalue weighted by Crippen LogP contribution is 2.48. The molecule has 1 aromatic rings. The Balaban J connectivity index is 1.73. The van der Waals surface area contributed by atoms with Gasteiger partial charge in [-0.15, -0.1) is 6.58 Å². The lowest BCUT2D eigenvalue weighted by Gasteiger charge is -2.42. The third-order valence-corrected chi connectivity index (χ3v) is 5.98. The molecule has 3 rings (SSSR count). The summed E-state index contributed by atoms with van der Waals surface area (Å²) < 4.78 is 0. The van der Waals surface area contributed by atoms with Crippen LogP contribution in [-0.4, -0.2) is 0 Å². The van der Waals surface area contributed by atoms with Gasteiger partial charge in [0.2, 0.25) is 0 Å². The van der Waals surface area contributed by atoms with E-state index in [2.05, 4.69) is 68.1 Å². The van der Waals surface area contributed by atoms with Crippen molar-refractivity contribution in [3.63, 3.8) is 0 Å². The molecular formula is C22H28. The molecule has 0 spiro atoms. The van der Waals surface area contributed by atoms with Gasteiger partial charge in [0.15, 0.2) is 0 Å². The molecule has 0 amide bonds. The van der Waals surface area contributed by atoms with Gasteiger partial charge in [0.05, 0.1) is 0 Å². The van der Waals surface area contributed by atoms with E-state index in [0.717, 1.165) is 11.8 Å².